The molecule has 8 heteroatoms. The fraction of sp³-hybridized carbons (Fsp3) is 0.300. The molecule has 2 atom stereocenters. The van der Waals surface area contributed by atoms with Crippen LogP contribution in [0.1, 0.15) is 17.2 Å². The minimum atomic E-state index is -3.08. The fourth-order valence-electron chi connectivity index (χ4n) is 2.91. The third-order valence-electron chi connectivity index (χ3n) is 4.26. The van der Waals surface area contributed by atoms with E-state index in [1.807, 2.05) is 60.7 Å². The Morgan fingerprint density at radius 2 is 1.71 bits per heavy atom. The standard InChI is InChI=1S/C20H21NO5S2/c22-18(21-16-11-12-28(24,25)14-16)13-26-20(23)19(15-7-3-1-4-8-15)27-17-9-5-2-6-10-17/h1-10,16,19H,11-14H2,(H,21,22)/t16-,19-/m0/s1. The van der Waals surface area contributed by atoms with Crippen LogP contribution in [0.5, 0.6) is 0 Å². The predicted molar refractivity (Wildman–Crippen MR) is 108 cm³/mol. The lowest BCUT2D eigenvalue weighted by Crippen LogP contribution is -2.38. The highest BCUT2D eigenvalue weighted by atomic mass is 32.2. The predicted octanol–water partition coefficient (Wildman–Crippen LogP) is 2.37. The van der Waals surface area contributed by atoms with Crippen LogP contribution in [0.2, 0.25) is 0 Å². The summed E-state index contributed by atoms with van der Waals surface area (Å²) in [5, 5.41) is 2.01. The minimum absolute atomic E-state index is 0.0663. The molecule has 0 saturated carbocycles. The molecule has 0 bridgehead atoms. The van der Waals surface area contributed by atoms with E-state index in [1.54, 1.807) is 0 Å². The SMILES string of the molecule is O=C(COC(=O)[C@@H](Sc1ccccc1)c1ccccc1)N[C@H]1CCS(=O)(=O)C1. The summed E-state index contributed by atoms with van der Waals surface area (Å²) in [6.07, 6.45) is 0.387. The van der Waals surface area contributed by atoms with Crippen molar-refractivity contribution in [2.75, 3.05) is 18.1 Å². The molecule has 1 N–H and O–H groups in total. The van der Waals surface area contributed by atoms with Gasteiger partial charge in [-0.15, -0.1) is 11.8 Å². The smallest absolute Gasteiger partial charge is 0.324 e. The molecule has 6 nitrogen and oxygen atoms in total. The molecule has 28 heavy (non-hydrogen) atoms. The Morgan fingerprint density at radius 3 is 2.32 bits per heavy atom. The van der Waals surface area contributed by atoms with Crippen LogP contribution in [0, 0.1) is 0 Å². The summed E-state index contributed by atoms with van der Waals surface area (Å²) < 4.78 is 28.2. The number of hydrogen-bond acceptors (Lipinski definition) is 6. The van der Waals surface area contributed by atoms with Gasteiger partial charge in [-0.3, -0.25) is 9.59 Å². The third-order valence-corrected chi connectivity index (χ3v) is 7.27. The van der Waals surface area contributed by atoms with Gasteiger partial charge in [0.25, 0.3) is 5.91 Å². The molecule has 148 valence electrons. The Bertz CT molecular complexity index is 916. The van der Waals surface area contributed by atoms with E-state index in [1.165, 1.54) is 11.8 Å². The van der Waals surface area contributed by atoms with Crippen LogP contribution < -0.4 is 5.32 Å². The van der Waals surface area contributed by atoms with Crippen LogP contribution in [0.3, 0.4) is 0 Å². The van der Waals surface area contributed by atoms with Gasteiger partial charge in [0.15, 0.2) is 16.4 Å². The second-order valence-electron chi connectivity index (χ2n) is 6.50. The highest BCUT2D eigenvalue weighted by Crippen LogP contribution is 2.36. The number of carbonyl (C=O) groups is 2. The van der Waals surface area contributed by atoms with E-state index in [0.29, 0.717) is 6.42 Å². The molecule has 0 aliphatic carbocycles. The second-order valence-corrected chi connectivity index (χ2v) is 9.90. The van der Waals surface area contributed by atoms with Crippen molar-refractivity contribution in [3.05, 3.63) is 66.2 Å². The van der Waals surface area contributed by atoms with E-state index in [-0.39, 0.29) is 11.5 Å². The molecule has 2 aromatic rings. The topological polar surface area (TPSA) is 89.5 Å². The van der Waals surface area contributed by atoms with Crippen LogP contribution in [0.4, 0.5) is 0 Å². The van der Waals surface area contributed by atoms with E-state index in [4.69, 9.17) is 4.74 Å². The third kappa shape index (κ3) is 5.84. The van der Waals surface area contributed by atoms with Crippen molar-refractivity contribution in [1.29, 1.82) is 0 Å². The maximum atomic E-state index is 12.7. The van der Waals surface area contributed by atoms with Gasteiger partial charge in [-0.25, -0.2) is 8.42 Å². The molecule has 2 aromatic carbocycles. The summed E-state index contributed by atoms with van der Waals surface area (Å²) in [7, 11) is -3.08. The van der Waals surface area contributed by atoms with E-state index in [2.05, 4.69) is 5.32 Å². The van der Waals surface area contributed by atoms with Crippen molar-refractivity contribution in [1.82, 2.24) is 5.32 Å². The summed E-state index contributed by atoms with van der Waals surface area (Å²) in [5.74, 6) is -1.01. The van der Waals surface area contributed by atoms with Gasteiger partial charge in [0.1, 0.15) is 5.25 Å². The molecule has 0 spiro atoms. The number of thioether (sulfide) groups is 1. The molecule has 3 rings (SSSR count). The average molecular weight is 420 g/mol. The lowest BCUT2D eigenvalue weighted by Gasteiger charge is -2.17. The van der Waals surface area contributed by atoms with Gasteiger partial charge in [-0.05, 0) is 24.1 Å². The first-order valence-corrected chi connectivity index (χ1v) is 11.6. The first-order chi connectivity index (χ1) is 13.4. The van der Waals surface area contributed by atoms with Gasteiger partial charge in [-0.1, -0.05) is 48.5 Å². The lowest BCUT2D eigenvalue weighted by molar-refractivity contribution is -0.148. The van der Waals surface area contributed by atoms with Crippen LogP contribution >= 0.6 is 11.8 Å². The van der Waals surface area contributed by atoms with Crippen molar-refractivity contribution >= 4 is 33.5 Å². The summed E-state index contributed by atoms with van der Waals surface area (Å²) in [4.78, 5) is 25.6. The molecular weight excluding hydrogens is 398 g/mol. The summed E-state index contributed by atoms with van der Waals surface area (Å²) in [6, 6.07) is 18.3. The zero-order valence-electron chi connectivity index (χ0n) is 15.1. The zero-order chi connectivity index (χ0) is 20.0. The van der Waals surface area contributed by atoms with Crippen molar-refractivity contribution < 1.29 is 22.7 Å². The highest BCUT2D eigenvalue weighted by Gasteiger charge is 2.29. The van der Waals surface area contributed by atoms with Gasteiger partial charge in [0.05, 0.1) is 11.5 Å². The van der Waals surface area contributed by atoms with Gasteiger partial charge in [-0.2, -0.15) is 0 Å². The summed E-state index contributed by atoms with van der Waals surface area (Å²) >= 11 is 1.35. The van der Waals surface area contributed by atoms with Crippen molar-refractivity contribution in [2.45, 2.75) is 22.6 Å². The van der Waals surface area contributed by atoms with Crippen LogP contribution in [0.15, 0.2) is 65.6 Å². The fourth-order valence-corrected chi connectivity index (χ4v) is 5.62. The summed E-state index contributed by atoms with van der Waals surface area (Å²) in [5.41, 5.74) is 0.781. The number of hydrogen-bond donors (Lipinski definition) is 1. The minimum Gasteiger partial charge on any atom is -0.454 e. The van der Waals surface area contributed by atoms with E-state index in [0.717, 1.165) is 10.5 Å². The molecule has 0 unspecified atom stereocenters. The maximum absolute atomic E-state index is 12.7. The molecule has 1 amide bonds. The number of amides is 1. The number of benzene rings is 2. The van der Waals surface area contributed by atoms with E-state index < -0.39 is 39.6 Å². The monoisotopic (exact) mass is 419 g/mol. The molecule has 0 aromatic heterocycles. The van der Waals surface area contributed by atoms with Gasteiger partial charge in [0, 0.05) is 10.9 Å². The number of nitrogens with one attached hydrogen (secondary N) is 1. The first-order valence-electron chi connectivity index (χ1n) is 8.86. The quantitative estimate of drug-likeness (QED) is 0.547. The molecule has 1 aliphatic rings. The Balaban J connectivity index is 1.60. The maximum Gasteiger partial charge on any atom is 0.324 e. The Hall–Kier alpha value is -2.32. The molecule has 1 aliphatic heterocycles. The Labute approximate surface area is 168 Å². The highest BCUT2D eigenvalue weighted by molar-refractivity contribution is 8.00. The molecule has 1 fully saturated rings. The molecule has 1 saturated heterocycles. The van der Waals surface area contributed by atoms with Crippen molar-refractivity contribution in [3.8, 4) is 0 Å². The Morgan fingerprint density at radius 1 is 1.07 bits per heavy atom. The van der Waals surface area contributed by atoms with Crippen LogP contribution in [-0.2, 0) is 24.2 Å². The number of esters is 1. The van der Waals surface area contributed by atoms with Gasteiger partial charge >= 0.3 is 5.97 Å². The summed E-state index contributed by atoms with van der Waals surface area (Å²) in [6.45, 7) is -0.436. The molecule has 1 heterocycles. The average Bonchev–Trinajstić information content (AvgIpc) is 3.04. The van der Waals surface area contributed by atoms with Crippen LogP contribution in [-0.4, -0.2) is 44.4 Å². The van der Waals surface area contributed by atoms with Crippen molar-refractivity contribution in [3.63, 3.8) is 0 Å². The van der Waals surface area contributed by atoms with Crippen molar-refractivity contribution in [2.24, 2.45) is 0 Å². The Kier molecular flexibility index (Phi) is 6.74. The lowest BCUT2D eigenvalue weighted by atomic mass is 10.1. The van der Waals surface area contributed by atoms with Gasteiger partial charge < -0.3 is 10.1 Å². The second kappa shape index (κ2) is 9.25. The molecule has 0 radical (unpaired) electrons. The van der Waals surface area contributed by atoms with E-state index in [9.17, 15) is 18.0 Å². The molecular formula is C20H21NO5S2. The number of rotatable bonds is 7. The first kappa shape index (κ1) is 20.4. The van der Waals surface area contributed by atoms with E-state index >= 15 is 0 Å². The largest absolute Gasteiger partial charge is 0.454 e. The number of sulfone groups is 1. The normalized spacial score (nSPS) is 18.9. The van der Waals surface area contributed by atoms with Gasteiger partial charge in [0.2, 0.25) is 0 Å². The zero-order valence-corrected chi connectivity index (χ0v) is 16.7. The van der Waals surface area contributed by atoms with Crippen LogP contribution in [0.25, 0.3) is 0 Å². The number of ether oxygens (including phenoxy) is 1. The number of carbonyl (C=O) groups excluding carboxylic acids is 2.